The summed E-state index contributed by atoms with van der Waals surface area (Å²) < 4.78 is 2.72. The molecule has 1 aliphatic heterocycles. The van der Waals surface area contributed by atoms with Crippen LogP contribution in [0.2, 0.25) is 0 Å². The molecule has 8 heteroatoms. The molecule has 2 N–H and O–H groups in total. The van der Waals surface area contributed by atoms with Crippen molar-refractivity contribution in [1.29, 1.82) is 0 Å². The molecular formula is C22H30N4O4. The smallest absolute Gasteiger partial charge is 0.351 e. The second-order valence-electron chi connectivity index (χ2n) is 8.77. The van der Waals surface area contributed by atoms with Crippen LogP contribution in [0.5, 0.6) is 0 Å². The lowest BCUT2D eigenvalue weighted by atomic mass is 9.83. The average molecular weight is 415 g/mol. The van der Waals surface area contributed by atoms with E-state index in [1.807, 2.05) is 18.2 Å². The zero-order chi connectivity index (χ0) is 21.3. The van der Waals surface area contributed by atoms with Gasteiger partial charge in [0.2, 0.25) is 0 Å². The van der Waals surface area contributed by atoms with Crippen LogP contribution in [0.3, 0.4) is 0 Å². The molecule has 1 aliphatic carbocycles. The zero-order valence-electron chi connectivity index (χ0n) is 17.5. The van der Waals surface area contributed by atoms with Gasteiger partial charge in [-0.1, -0.05) is 6.07 Å². The summed E-state index contributed by atoms with van der Waals surface area (Å²) in [4.78, 5) is 38.8. The van der Waals surface area contributed by atoms with E-state index in [1.165, 1.54) is 20.4 Å². The fourth-order valence-electron chi connectivity index (χ4n) is 4.85. The third kappa shape index (κ3) is 4.28. The monoisotopic (exact) mass is 414 g/mol. The van der Waals surface area contributed by atoms with Crippen LogP contribution < -0.4 is 11.4 Å². The van der Waals surface area contributed by atoms with Crippen molar-refractivity contribution >= 4 is 5.97 Å². The van der Waals surface area contributed by atoms with Crippen molar-refractivity contribution in [2.75, 3.05) is 20.1 Å². The quantitative estimate of drug-likeness (QED) is 0.779. The summed E-state index contributed by atoms with van der Waals surface area (Å²) in [6, 6.07) is 5.86. The molecule has 0 bridgehead atoms. The highest BCUT2D eigenvalue weighted by atomic mass is 16.4. The van der Waals surface area contributed by atoms with Crippen LogP contribution in [0.25, 0.3) is 5.69 Å². The highest BCUT2D eigenvalue weighted by molar-refractivity contribution is 5.66. The standard InChI is InChI=1S/C22H30N4O4/c1-24-12-10-16-5-8-19(14-17(16)11-13-24)25-21(29)23-26(22(25)30)18-6-2-15(3-7-18)4-9-20(27)28/h5,8,14-15,18H,2-4,6-7,9-13H2,1H3,(H,23,29)(H,27,28). The lowest BCUT2D eigenvalue weighted by molar-refractivity contribution is -0.137. The minimum Gasteiger partial charge on any atom is -0.481 e. The van der Waals surface area contributed by atoms with Gasteiger partial charge in [-0.2, -0.15) is 0 Å². The largest absolute Gasteiger partial charge is 0.481 e. The van der Waals surface area contributed by atoms with E-state index in [0.717, 1.165) is 51.6 Å². The minimum atomic E-state index is -0.762. The number of nitrogens with zero attached hydrogens (tertiary/aromatic N) is 3. The summed E-state index contributed by atoms with van der Waals surface area (Å²) in [6.07, 6.45) is 6.07. The third-order valence-corrected chi connectivity index (χ3v) is 6.74. The number of aliphatic carboxylic acids is 1. The Morgan fingerprint density at radius 1 is 1.10 bits per heavy atom. The van der Waals surface area contributed by atoms with Crippen LogP contribution in [0.4, 0.5) is 0 Å². The van der Waals surface area contributed by atoms with Gasteiger partial charge in [0, 0.05) is 19.5 Å². The molecule has 4 rings (SSSR count). The Bertz CT molecular complexity index is 1030. The molecule has 1 fully saturated rings. The topological polar surface area (TPSA) is 100 Å². The Morgan fingerprint density at radius 2 is 1.80 bits per heavy atom. The molecule has 0 amide bonds. The van der Waals surface area contributed by atoms with E-state index >= 15 is 0 Å². The second-order valence-corrected chi connectivity index (χ2v) is 8.77. The van der Waals surface area contributed by atoms with Crippen LogP contribution >= 0.6 is 0 Å². The third-order valence-electron chi connectivity index (χ3n) is 6.74. The number of likely N-dealkylation sites (N-methyl/N-ethyl adjacent to an activating group) is 1. The molecule has 0 radical (unpaired) electrons. The fourth-order valence-corrected chi connectivity index (χ4v) is 4.85. The molecule has 1 saturated carbocycles. The highest BCUT2D eigenvalue weighted by Crippen LogP contribution is 2.33. The van der Waals surface area contributed by atoms with Crippen molar-refractivity contribution in [2.45, 2.75) is 57.4 Å². The van der Waals surface area contributed by atoms with E-state index in [9.17, 15) is 14.4 Å². The van der Waals surface area contributed by atoms with Gasteiger partial charge >= 0.3 is 17.3 Å². The molecule has 1 aromatic heterocycles. The molecule has 162 valence electrons. The molecule has 30 heavy (non-hydrogen) atoms. The van der Waals surface area contributed by atoms with E-state index in [0.29, 0.717) is 18.0 Å². The highest BCUT2D eigenvalue weighted by Gasteiger charge is 2.26. The number of carbonyl (C=O) groups is 1. The maximum Gasteiger partial charge on any atom is 0.351 e. The summed E-state index contributed by atoms with van der Waals surface area (Å²) >= 11 is 0. The summed E-state index contributed by atoms with van der Waals surface area (Å²) in [5.74, 6) is -0.383. The number of hydrogen-bond donors (Lipinski definition) is 2. The summed E-state index contributed by atoms with van der Waals surface area (Å²) in [5, 5.41) is 11.6. The Hall–Kier alpha value is -2.61. The molecule has 2 heterocycles. The number of nitrogens with one attached hydrogen (secondary N) is 1. The van der Waals surface area contributed by atoms with Gasteiger partial charge in [0.25, 0.3) is 0 Å². The number of fused-ring (bicyclic) bond motifs is 1. The normalized spacial score (nSPS) is 22.4. The second kappa shape index (κ2) is 8.63. The number of rotatable bonds is 5. The lowest BCUT2D eigenvalue weighted by Crippen LogP contribution is -2.31. The molecule has 2 aromatic rings. The lowest BCUT2D eigenvalue weighted by Gasteiger charge is -2.28. The first-order valence-electron chi connectivity index (χ1n) is 10.9. The van der Waals surface area contributed by atoms with Gasteiger partial charge in [-0.15, -0.1) is 0 Å². The van der Waals surface area contributed by atoms with Crippen LogP contribution in [0.15, 0.2) is 27.8 Å². The predicted octanol–water partition coefficient (Wildman–Crippen LogP) is 1.95. The molecule has 8 nitrogen and oxygen atoms in total. The van der Waals surface area contributed by atoms with Gasteiger partial charge in [-0.05, 0) is 81.2 Å². The summed E-state index contributed by atoms with van der Waals surface area (Å²) in [7, 11) is 2.11. The Morgan fingerprint density at radius 3 is 2.50 bits per heavy atom. The summed E-state index contributed by atoms with van der Waals surface area (Å²) in [6.45, 7) is 1.98. The maximum atomic E-state index is 13.1. The van der Waals surface area contributed by atoms with Gasteiger partial charge < -0.3 is 10.0 Å². The molecule has 0 unspecified atom stereocenters. The van der Waals surface area contributed by atoms with Crippen LogP contribution in [0.1, 0.15) is 55.7 Å². The number of benzene rings is 1. The van der Waals surface area contributed by atoms with Gasteiger partial charge in [-0.25, -0.2) is 23.9 Å². The van der Waals surface area contributed by atoms with Gasteiger partial charge in [0.15, 0.2) is 0 Å². The number of carboxylic acid groups (broad SMARTS) is 1. The Kier molecular flexibility index (Phi) is 5.94. The molecule has 1 aromatic carbocycles. The predicted molar refractivity (Wildman–Crippen MR) is 113 cm³/mol. The van der Waals surface area contributed by atoms with Crippen LogP contribution in [-0.2, 0) is 17.6 Å². The van der Waals surface area contributed by atoms with Gasteiger partial charge in [0.05, 0.1) is 11.7 Å². The van der Waals surface area contributed by atoms with Crippen molar-refractivity contribution in [1.82, 2.24) is 19.2 Å². The SMILES string of the molecule is CN1CCc2ccc(-n3c(=O)[nH]n(C4CCC(CCC(=O)O)CC4)c3=O)cc2CC1. The van der Waals surface area contributed by atoms with Gasteiger partial charge in [0.1, 0.15) is 0 Å². The number of H-pyrrole nitrogens is 1. The first kappa shape index (κ1) is 20.7. The van der Waals surface area contributed by atoms with E-state index in [1.54, 1.807) is 0 Å². The number of aromatic nitrogens is 3. The van der Waals surface area contributed by atoms with E-state index in [-0.39, 0.29) is 18.2 Å². The molecule has 0 saturated heterocycles. The first-order chi connectivity index (χ1) is 14.4. The van der Waals surface area contributed by atoms with E-state index < -0.39 is 11.7 Å². The maximum absolute atomic E-state index is 13.1. The van der Waals surface area contributed by atoms with Crippen molar-refractivity contribution < 1.29 is 9.90 Å². The minimum absolute atomic E-state index is 0.0398. The molecule has 0 atom stereocenters. The number of hydrogen-bond acceptors (Lipinski definition) is 4. The van der Waals surface area contributed by atoms with Crippen molar-refractivity contribution in [3.8, 4) is 5.69 Å². The number of aromatic amines is 1. The molecular weight excluding hydrogens is 384 g/mol. The van der Waals surface area contributed by atoms with Crippen molar-refractivity contribution in [3.63, 3.8) is 0 Å². The van der Waals surface area contributed by atoms with E-state index in [2.05, 4.69) is 17.0 Å². The number of carboxylic acids is 1. The molecule has 0 spiro atoms. The van der Waals surface area contributed by atoms with Crippen molar-refractivity contribution in [2.24, 2.45) is 5.92 Å². The van der Waals surface area contributed by atoms with E-state index in [4.69, 9.17) is 5.11 Å². The van der Waals surface area contributed by atoms with Crippen LogP contribution in [-0.4, -0.2) is 50.5 Å². The summed E-state index contributed by atoms with van der Waals surface area (Å²) in [5.41, 5.74) is 2.39. The Labute approximate surface area is 175 Å². The molecule has 2 aliphatic rings. The van der Waals surface area contributed by atoms with Crippen molar-refractivity contribution in [3.05, 3.63) is 50.3 Å². The Balaban J connectivity index is 1.53. The zero-order valence-corrected chi connectivity index (χ0v) is 17.5. The van der Waals surface area contributed by atoms with Gasteiger partial charge in [-0.3, -0.25) is 4.79 Å². The van der Waals surface area contributed by atoms with Crippen LogP contribution in [0, 0.1) is 5.92 Å². The fraction of sp³-hybridized carbons (Fsp3) is 0.591. The first-order valence-corrected chi connectivity index (χ1v) is 10.9. The average Bonchev–Trinajstić information content (AvgIpc) is 2.90.